The lowest BCUT2D eigenvalue weighted by molar-refractivity contribution is 0.182. The van der Waals surface area contributed by atoms with Crippen LogP contribution in [0, 0.1) is 5.41 Å². The van der Waals surface area contributed by atoms with Crippen molar-refractivity contribution in [3.8, 4) is 0 Å². The Balaban J connectivity index is 1.96. The van der Waals surface area contributed by atoms with E-state index in [1.54, 1.807) is 0 Å². The standard InChI is InChI=1S/C16H24ClNS/c1-16(2)10-4-5-14(15(16)18-3)19-11-12-6-8-13(17)9-7-12/h6-9,14-15,18H,4-5,10-11H2,1-3H3. The van der Waals surface area contributed by atoms with Crippen LogP contribution in [0.15, 0.2) is 24.3 Å². The molecule has 0 saturated heterocycles. The summed E-state index contributed by atoms with van der Waals surface area (Å²) in [5.41, 5.74) is 1.78. The highest BCUT2D eigenvalue weighted by Crippen LogP contribution is 2.41. The van der Waals surface area contributed by atoms with Gasteiger partial charge < -0.3 is 5.32 Å². The van der Waals surface area contributed by atoms with Gasteiger partial charge in [-0.2, -0.15) is 11.8 Å². The number of halogens is 1. The molecule has 1 N–H and O–H groups in total. The van der Waals surface area contributed by atoms with Crippen LogP contribution in [0.1, 0.15) is 38.7 Å². The van der Waals surface area contributed by atoms with Crippen molar-refractivity contribution < 1.29 is 0 Å². The normalized spacial score (nSPS) is 26.3. The van der Waals surface area contributed by atoms with E-state index in [1.165, 1.54) is 24.8 Å². The fourth-order valence-corrected chi connectivity index (χ4v) is 4.88. The van der Waals surface area contributed by atoms with Gasteiger partial charge in [-0.25, -0.2) is 0 Å². The van der Waals surface area contributed by atoms with Crippen molar-refractivity contribution in [2.45, 2.75) is 50.2 Å². The molecule has 1 saturated carbocycles. The highest BCUT2D eigenvalue weighted by molar-refractivity contribution is 7.99. The van der Waals surface area contributed by atoms with E-state index in [-0.39, 0.29) is 0 Å². The van der Waals surface area contributed by atoms with Crippen molar-refractivity contribution >= 4 is 23.4 Å². The third kappa shape index (κ3) is 3.90. The summed E-state index contributed by atoms with van der Waals surface area (Å²) >= 11 is 8.01. The maximum absolute atomic E-state index is 5.93. The Hall–Kier alpha value is -0.180. The Morgan fingerprint density at radius 3 is 2.63 bits per heavy atom. The zero-order valence-electron chi connectivity index (χ0n) is 12.1. The summed E-state index contributed by atoms with van der Waals surface area (Å²) in [6, 6.07) is 8.85. The zero-order valence-corrected chi connectivity index (χ0v) is 13.7. The van der Waals surface area contributed by atoms with Crippen molar-refractivity contribution in [1.82, 2.24) is 5.32 Å². The van der Waals surface area contributed by atoms with Gasteiger partial charge in [-0.3, -0.25) is 0 Å². The minimum atomic E-state index is 0.407. The molecule has 3 heteroatoms. The molecular formula is C16H24ClNS. The molecule has 1 aromatic carbocycles. The molecule has 0 aromatic heterocycles. The number of rotatable bonds is 4. The fourth-order valence-electron chi connectivity index (χ4n) is 3.12. The van der Waals surface area contributed by atoms with E-state index in [9.17, 15) is 0 Å². The number of hydrogen-bond acceptors (Lipinski definition) is 2. The molecule has 2 rings (SSSR count). The van der Waals surface area contributed by atoms with E-state index >= 15 is 0 Å². The number of benzene rings is 1. The van der Waals surface area contributed by atoms with Crippen LogP contribution in [0.25, 0.3) is 0 Å². The van der Waals surface area contributed by atoms with Gasteiger partial charge in [-0.05, 0) is 43.0 Å². The molecule has 0 spiro atoms. The minimum absolute atomic E-state index is 0.407. The largest absolute Gasteiger partial charge is 0.315 e. The van der Waals surface area contributed by atoms with Gasteiger partial charge in [0.1, 0.15) is 0 Å². The molecular weight excluding hydrogens is 274 g/mol. The molecule has 2 atom stereocenters. The summed E-state index contributed by atoms with van der Waals surface area (Å²) in [4.78, 5) is 0. The molecule has 0 bridgehead atoms. The molecule has 1 aromatic rings. The van der Waals surface area contributed by atoms with Gasteiger partial charge in [-0.1, -0.05) is 44.0 Å². The lowest BCUT2D eigenvalue weighted by Gasteiger charge is -2.43. The van der Waals surface area contributed by atoms with Gasteiger partial charge >= 0.3 is 0 Å². The smallest absolute Gasteiger partial charge is 0.0406 e. The molecule has 0 aliphatic heterocycles. The molecule has 1 fully saturated rings. The lowest BCUT2D eigenvalue weighted by atomic mass is 9.73. The Morgan fingerprint density at radius 2 is 2.00 bits per heavy atom. The van der Waals surface area contributed by atoms with E-state index < -0.39 is 0 Å². The molecule has 19 heavy (non-hydrogen) atoms. The summed E-state index contributed by atoms with van der Waals surface area (Å²) in [7, 11) is 2.10. The van der Waals surface area contributed by atoms with Crippen molar-refractivity contribution in [2.75, 3.05) is 7.05 Å². The Morgan fingerprint density at radius 1 is 1.32 bits per heavy atom. The van der Waals surface area contributed by atoms with Gasteiger partial charge in [0, 0.05) is 22.1 Å². The highest BCUT2D eigenvalue weighted by atomic mass is 35.5. The average Bonchev–Trinajstić information content (AvgIpc) is 2.37. The highest BCUT2D eigenvalue weighted by Gasteiger charge is 2.37. The second kappa shape index (κ2) is 6.51. The van der Waals surface area contributed by atoms with E-state index in [1.807, 2.05) is 12.1 Å². The van der Waals surface area contributed by atoms with Crippen LogP contribution in [0.5, 0.6) is 0 Å². The molecule has 106 valence electrons. The maximum Gasteiger partial charge on any atom is 0.0406 e. The van der Waals surface area contributed by atoms with Gasteiger partial charge in [0.15, 0.2) is 0 Å². The molecule has 0 amide bonds. The zero-order chi connectivity index (χ0) is 13.9. The van der Waals surface area contributed by atoms with Crippen molar-refractivity contribution in [3.63, 3.8) is 0 Å². The number of nitrogens with one attached hydrogen (secondary N) is 1. The third-order valence-electron chi connectivity index (χ3n) is 4.21. The molecule has 1 aliphatic carbocycles. The van der Waals surface area contributed by atoms with E-state index in [0.717, 1.165) is 10.8 Å². The molecule has 2 unspecified atom stereocenters. The van der Waals surface area contributed by atoms with Crippen molar-refractivity contribution in [3.05, 3.63) is 34.9 Å². The first-order valence-corrected chi connectivity index (χ1v) is 8.49. The van der Waals surface area contributed by atoms with Crippen LogP contribution < -0.4 is 5.32 Å². The number of hydrogen-bond donors (Lipinski definition) is 1. The van der Waals surface area contributed by atoms with Gasteiger partial charge in [0.2, 0.25) is 0 Å². The van der Waals surface area contributed by atoms with Crippen molar-refractivity contribution in [1.29, 1.82) is 0 Å². The monoisotopic (exact) mass is 297 g/mol. The van der Waals surface area contributed by atoms with Gasteiger partial charge in [0.05, 0.1) is 0 Å². The first kappa shape index (κ1) is 15.2. The Labute approximate surface area is 126 Å². The SMILES string of the molecule is CNC1C(SCc2ccc(Cl)cc2)CCCC1(C)C. The third-order valence-corrected chi connectivity index (χ3v) is 5.90. The topological polar surface area (TPSA) is 12.0 Å². The van der Waals surface area contributed by atoms with Crippen LogP contribution in [0.3, 0.4) is 0 Å². The van der Waals surface area contributed by atoms with Gasteiger partial charge in [0.25, 0.3) is 0 Å². The second-order valence-electron chi connectivity index (χ2n) is 6.12. The molecule has 1 aliphatic rings. The predicted molar refractivity (Wildman–Crippen MR) is 87.0 cm³/mol. The Bertz CT molecular complexity index is 402. The van der Waals surface area contributed by atoms with Gasteiger partial charge in [-0.15, -0.1) is 0 Å². The minimum Gasteiger partial charge on any atom is -0.315 e. The second-order valence-corrected chi connectivity index (χ2v) is 7.79. The summed E-state index contributed by atoms with van der Waals surface area (Å²) in [5.74, 6) is 1.08. The van der Waals surface area contributed by atoms with E-state index in [2.05, 4.69) is 50.1 Å². The summed E-state index contributed by atoms with van der Waals surface area (Å²) < 4.78 is 0. The summed E-state index contributed by atoms with van der Waals surface area (Å²) in [6.45, 7) is 4.78. The molecule has 0 radical (unpaired) electrons. The predicted octanol–water partition coefficient (Wildman–Crippen LogP) is 4.74. The number of thioether (sulfide) groups is 1. The average molecular weight is 298 g/mol. The molecule has 1 nitrogen and oxygen atoms in total. The first-order valence-electron chi connectivity index (χ1n) is 7.06. The van der Waals surface area contributed by atoms with Crippen LogP contribution in [-0.2, 0) is 5.75 Å². The summed E-state index contributed by atoms with van der Waals surface area (Å²) in [6.07, 6.45) is 4.01. The fraction of sp³-hybridized carbons (Fsp3) is 0.625. The lowest BCUT2D eigenvalue weighted by Crippen LogP contribution is -2.50. The van der Waals surface area contributed by atoms with Crippen molar-refractivity contribution in [2.24, 2.45) is 5.41 Å². The van der Waals surface area contributed by atoms with Crippen LogP contribution in [0.4, 0.5) is 0 Å². The van der Waals surface area contributed by atoms with Crippen LogP contribution >= 0.6 is 23.4 Å². The van der Waals surface area contributed by atoms with Crippen LogP contribution in [0.2, 0.25) is 5.02 Å². The quantitative estimate of drug-likeness (QED) is 0.861. The molecule has 0 heterocycles. The van der Waals surface area contributed by atoms with E-state index in [4.69, 9.17) is 11.6 Å². The maximum atomic E-state index is 5.93. The van der Waals surface area contributed by atoms with Crippen LogP contribution in [-0.4, -0.2) is 18.3 Å². The summed E-state index contributed by atoms with van der Waals surface area (Å²) in [5, 5.41) is 5.08. The Kier molecular flexibility index (Phi) is 5.22. The van der Waals surface area contributed by atoms with E-state index in [0.29, 0.717) is 16.7 Å². The first-order chi connectivity index (χ1) is 9.03.